The molecule has 2 aromatic carbocycles. The van der Waals surface area contributed by atoms with Crippen molar-refractivity contribution < 1.29 is 9.53 Å². The van der Waals surface area contributed by atoms with Crippen LogP contribution < -0.4 is 10.5 Å². The molecule has 32 heavy (non-hydrogen) atoms. The first-order valence-electron chi connectivity index (χ1n) is 9.91. The molecule has 0 amide bonds. The third-order valence-electron chi connectivity index (χ3n) is 4.68. The maximum Gasteiger partial charge on any atom is 0.246 e. The second kappa shape index (κ2) is 9.09. The predicted octanol–water partition coefficient (Wildman–Crippen LogP) is 4.81. The molecule has 3 N–H and O–H groups in total. The Balaban J connectivity index is 1.58. The van der Waals surface area contributed by atoms with Gasteiger partial charge in [0.25, 0.3) is 0 Å². The number of nitrogens with one attached hydrogen (secondary N) is 1. The van der Waals surface area contributed by atoms with Gasteiger partial charge in [0.15, 0.2) is 5.82 Å². The highest BCUT2D eigenvalue weighted by molar-refractivity contribution is 6.08. The van der Waals surface area contributed by atoms with Crippen LogP contribution in [-0.4, -0.2) is 25.7 Å². The highest BCUT2D eigenvalue weighted by atomic mass is 16.5. The largest absolute Gasteiger partial charge is 0.437 e. The van der Waals surface area contributed by atoms with E-state index in [9.17, 15) is 4.79 Å². The average Bonchev–Trinajstić information content (AvgIpc) is 3.24. The average molecular weight is 423 g/mol. The molecule has 0 aliphatic carbocycles. The number of aromatic amines is 1. The molecule has 7 heteroatoms. The number of H-pyrrole nitrogens is 1. The summed E-state index contributed by atoms with van der Waals surface area (Å²) in [6.07, 6.45) is 8.33. The number of carbonyl (C=O) groups is 1. The Kier molecular flexibility index (Phi) is 5.89. The van der Waals surface area contributed by atoms with Gasteiger partial charge in [0.2, 0.25) is 11.7 Å². The first-order chi connectivity index (χ1) is 15.6. The zero-order chi connectivity index (χ0) is 22.5. The highest BCUT2D eigenvalue weighted by Crippen LogP contribution is 2.28. The van der Waals surface area contributed by atoms with Crippen LogP contribution in [0, 0.1) is 0 Å². The molecule has 4 aromatic rings. The zero-order valence-corrected chi connectivity index (χ0v) is 17.4. The van der Waals surface area contributed by atoms with E-state index >= 15 is 0 Å². The smallest absolute Gasteiger partial charge is 0.246 e. The summed E-state index contributed by atoms with van der Waals surface area (Å²) in [7, 11) is 0. The van der Waals surface area contributed by atoms with Crippen LogP contribution in [-0.2, 0) is 0 Å². The number of nitrogens with zero attached hydrogens (tertiary/aromatic N) is 3. The number of hydrogen-bond acceptors (Lipinski definition) is 6. The van der Waals surface area contributed by atoms with Crippen LogP contribution in [0.25, 0.3) is 16.6 Å². The van der Waals surface area contributed by atoms with Crippen molar-refractivity contribution in [3.05, 3.63) is 109 Å². The maximum absolute atomic E-state index is 12.8. The Morgan fingerprint density at radius 3 is 2.56 bits per heavy atom. The van der Waals surface area contributed by atoms with Crippen molar-refractivity contribution in [2.75, 3.05) is 0 Å². The summed E-state index contributed by atoms with van der Waals surface area (Å²) in [5, 5.41) is 0. The third kappa shape index (κ3) is 4.32. The molecule has 0 radical (unpaired) electrons. The van der Waals surface area contributed by atoms with Crippen LogP contribution in [0.4, 0.5) is 0 Å². The molecule has 4 rings (SSSR count). The van der Waals surface area contributed by atoms with Gasteiger partial charge in [0.05, 0.1) is 11.0 Å². The number of aromatic nitrogens is 4. The van der Waals surface area contributed by atoms with Gasteiger partial charge in [0, 0.05) is 29.2 Å². The van der Waals surface area contributed by atoms with E-state index in [0.29, 0.717) is 40.0 Å². The van der Waals surface area contributed by atoms with Crippen LogP contribution >= 0.6 is 0 Å². The quantitative estimate of drug-likeness (QED) is 0.326. The van der Waals surface area contributed by atoms with E-state index < -0.39 is 0 Å². The van der Waals surface area contributed by atoms with Crippen molar-refractivity contribution in [1.29, 1.82) is 0 Å². The number of hydrogen-bond donors (Lipinski definition) is 2. The molecule has 0 saturated heterocycles. The summed E-state index contributed by atoms with van der Waals surface area (Å²) in [4.78, 5) is 28.9. The summed E-state index contributed by atoms with van der Waals surface area (Å²) in [5.74, 6) is 0.900. The fraction of sp³-hybridized carbons (Fsp3) is 0.0400. The number of allylic oxidation sites excluding steroid dienone is 5. The Morgan fingerprint density at radius 1 is 1.09 bits per heavy atom. The number of carbonyl (C=O) groups excluding carboxylic acids is 1. The van der Waals surface area contributed by atoms with E-state index in [1.807, 2.05) is 24.3 Å². The number of ether oxygens (including phenoxy) is 1. The summed E-state index contributed by atoms with van der Waals surface area (Å²) >= 11 is 0. The van der Waals surface area contributed by atoms with E-state index in [-0.39, 0.29) is 5.78 Å². The summed E-state index contributed by atoms with van der Waals surface area (Å²) in [6, 6.07) is 14.3. The Labute approximate surface area is 185 Å². The molecule has 0 aliphatic heterocycles. The first-order valence-corrected chi connectivity index (χ1v) is 9.91. The molecular weight excluding hydrogens is 402 g/mol. The lowest BCUT2D eigenvalue weighted by Crippen LogP contribution is -2.04. The second-order valence-corrected chi connectivity index (χ2v) is 6.96. The van der Waals surface area contributed by atoms with Gasteiger partial charge in [-0.25, -0.2) is 15.0 Å². The standard InChI is InChI=1S/C25H21N5O2/c1-3-4-7-19(16(2)26)22-25(28-15-14-27-22)32-18-12-10-17(11-13-18)23(31)24-29-20-8-5-6-9-21(20)30-24/h3-15H,1,26H2,2H3,(H,29,30)/b7-4-,19-16+. The van der Waals surface area contributed by atoms with E-state index in [2.05, 4.69) is 26.5 Å². The Morgan fingerprint density at radius 2 is 1.84 bits per heavy atom. The van der Waals surface area contributed by atoms with Crippen LogP contribution in [0.3, 0.4) is 0 Å². The molecule has 2 aromatic heterocycles. The fourth-order valence-corrected chi connectivity index (χ4v) is 3.13. The van der Waals surface area contributed by atoms with E-state index in [4.69, 9.17) is 10.5 Å². The van der Waals surface area contributed by atoms with E-state index in [1.54, 1.807) is 61.8 Å². The topological polar surface area (TPSA) is 107 Å². The normalized spacial score (nSPS) is 12.0. The van der Waals surface area contributed by atoms with Crippen molar-refractivity contribution in [2.45, 2.75) is 6.92 Å². The Hall–Kier alpha value is -4.52. The molecule has 0 bridgehead atoms. The van der Waals surface area contributed by atoms with Crippen molar-refractivity contribution in [1.82, 2.24) is 19.9 Å². The molecular formula is C25H21N5O2. The van der Waals surface area contributed by atoms with Gasteiger partial charge in [-0.3, -0.25) is 4.79 Å². The SMILES string of the molecule is C=C/C=C\C(=C(\C)N)c1nccnc1Oc1ccc(C(=O)c2nc3ccccc3[nH]2)cc1. The highest BCUT2D eigenvalue weighted by Gasteiger charge is 2.16. The lowest BCUT2D eigenvalue weighted by atomic mass is 10.1. The molecule has 2 heterocycles. The van der Waals surface area contributed by atoms with Crippen molar-refractivity contribution in [3.63, 3.8) is 0 Å². The van der Waals surface area contributed by atoms with Crippen molar-refractivity contribution in [2.24, 2.45) is 5.73 Å². The van der Waals surface area contributed by atoms with Crippen LogP contribution in [0.5, 0.6) is 11.6 Å². The third-order valence-corrected chi connectivity index (χ3v) is 4.68. The number of ketones is 1. The van der Waals surface area contributed by atoms with Crippen molar-refractivity contribution in [3.8, 4) is 11.6 Å². The van der Waals surface area contributed by atoms with Gasteiger partial charge in [-0.15, -0.1) is 0 Å². The molecule has 0 aliphatic rings. The van der Waals surface area contributed by atoms with Gasteiger partial charge in [-0.2, -0.15) is 0 Å². The number of fused-ring (bicyclic) bond motifs is 1. The minimum Gasteiger partial charge on any atom is -0.437 e. The molecule has 0 atom stereocenters. The van der Waals surface area contributed by atoms with Gasteiger partial charge in [-0.1, -0.05) is 36.9 Å². The van der Waals surface area contributed by atoms with E-state index in [0.717, 1.165) is 11.0 Å². The summed E-state index contributed by atoms with van der Waals surface area (Å²) < 4.78 is 5.95. The zero-order valence-electron chi connectivity index (χ0n) is 17.4. The molecule has 158 valence electrons. The fourth-order valence-electron chi connectivity index (χ4n) is 3.13. The number of nitrogens with two attached hydrogens (primary N) is 1. The molecule has 0 unspecified atom stereocenters. The maximum atomic E-state index is 12.8. The van der Waals surface area contributed by atoms with Crippen LogP contribution in [0.1, 0.15) is 28.8 Å². The minimum atomic E-state index is -0.202. The predicted molar refractivity (Wildman–Crippen MR) is 124 cm³/mol. The second-order valence-electron chi connectivity index (χ2n) is 6.96. The van der Waals surface area contributed by atoms with Gasteiger partial charge < -0.3 is 15.5 Å². The monoisotopic (exact) mass is 423 g/mol. The lowest BCUT2D eigenvalue weighted by Gasteiger charge is -2.11. The number of para-hydroxylation sites is 2. The number of benzene rings is 2. The Bertz CT molecular complexity index is 1310. The van der Waals surface area contributed by atoms with Crippen LogP contribution in [0.15, 0.2) is 91.4 Å². The number of rotatable bonds is 7. The van der Waals surface area contributed by atoms with Crippen LogP contribution in [0.2, 0.25) is 0 Å². The van der Waals surface area contributed by atoms with E-state index in [1.165, 1.54) is 0 Å². The summed E-state index contributed by atoms with van der Waals surface area (Å²) in [6.45, 7) is 5.46. The van der Waals surface area contributed by atoms with Gasteiger partial charge in [0.1, 0.15) is 11.4 Å². The minimum absolute atomic E-state index is 0.202. The number of imidazole rings is 1. The molecule has 0 saturated carbocycles. The first kappa shape index (κ1) is 20.7. The molecule has 0 fully saturated rings. The molecule has 0 spiro atoms. The molecule has 7 nitrogen and oxygen atoms in total. The van der Waals surface area contributed by atoms with Gasteiger partial charge in [-0.05, 0) is 43.3 Å². The lowest BCUT2D eigenvalue weighted by molar-refractivity contribution is 0.103. The van der Waals surface area contributed by atoms with Crippen molar-refractivity contribution >= 4 is 22.4 Å². The van der Waals surface area contributed by atoms with Gasteiger partial charge >= 0.3 is 0 Å². The summed E-state index contributed by atoms with van der Waals surface area (Å²) in [5.41, 5.74) is 9.84.